The molecule has 0 radical (unpaired) electrons. The van der Waals surface area contributed by atoms with Crippen LogP contribution in [0.15, 0.2) is 29.8 Å². The number of benzene rings is 1. The van der Waals surface area contributed by atoms with E-state index in [0.717, 1.165) is 25.7 Å². The van der Waals surface area contributed by atoms with E-state index < -0.39 is 6.04 Å². The van der Waals surface area contributed by atoms with Gasteiger partial charge in [0.2, 0.25) is 5.91 Å². The van der Waals surface area contributed by atoms with E-state index in [1.54, 1.807) is 23.7 Å². The summed E-state index contributed by atoms with van der Waals surface area (Å²) in [5.41, 5.74) is 0.754. The predicted octanol–water partition coefficient (Wildman–Crippen LogP) is 4.22. The largest absolute Gasteiger partial charge is 0.322 e. The molecule has 27 heavy (non-hydrogen) atoms. The van der Waals surface area contributed by atoms with Gasteiger partial charge in [-0.3, -0.25) is 9.59 Å². The van der Waals surface area contributed by atoms with Crippen LogP contribution >= 0.6 is 11.3 Å². The Bertz CT molecular complexity index is 834. The first kappa shape index (κ1) is 18.1. The van der Waals surface area contributed by atoms with E-state index in [1.807, 2.05) is 0 Å². The minimum Gasteiger partial charge on any atom is -0.322 e. The number of anilines is 1. The molecule has 5 nitrogen and oxygen atoms in total. The molecule has 1 saturated carbocycles. The summed E-state index contributed by atoms with van der Waals surface area (Å²) in [6.07, 6.45) is 7.93. The third-order valence-electron chi connectivity index (χ3n) is 5.56. The Balaban J connectivity index is 1.58. The highest BCUT2D eigenvalue weighted by atomic mass is 32.1. The summed E-state index contributed by atoms with van der Waals surface area (Å²) in [4.78, 5) is 31.6. The van der Waals surface area contributed by atoms with E-state index >= 15 is 0 Å². The van der Waals surface area contributed by atoms with Gasteiger partial charge in [0, 0.05) is 22.7 Å². The van der Waals surface area contributed by atoms with E-state index in [-0.39, 0.29) is 24.2 Å². The molecule has 142 valence electrons. The minimum atomic E-state index is -0.615. The Morgan fingerprint density at radius 2 is 2.15 bits per heavy atom. The van der Waals surface area contributed by atoms with Crippen LogP contribution in [0.5, 0.6) is 0 Å². The number of amides is 2. The molecular weight excluding hydrogens is 365 g/mol. The zero-order valence-electron chi connectivity index (χ0n) is 15.0. The Morgan fingerprint density at radius 1 is 1.33 bits per heavy atom. The summed E-state index contributed by atoms with van der Waals surface area (Å²) >= 11 is 1.34. The molecule has 4 rings (SSSR count). The molecule has 1 atom stereocenters. The van der Waals surface area contributed by atoms with Gasteiger partial charge in [-0.1, -0.05) is 38.2 Å². The van der Waals surface area contributed by atoms with Crippen molar-refractivity contribution in [2.24, 2.45) is 5.92 Å². The normalized spacial score (nSPS) is 18.4. The maximum atomic E-state index is 14.2. The summed E-state index contributed by atoms with van der Waals surface area (Å²) in [7, 11) is 0. The topological polar surface area (TPSA) is 62.3 Å². The zero-order valence-corrected chi connectivity index (χ0v) is 15.8. The molecule has 1 aromatic carbocycles. The smallest absolute Gasteiger partial charge is 0.255 e. The van der Waals surface area contributed by atoms with E-state index in [9.17, 15) is 14.0 Å². The minimum absolute atomic E-state index is 0.142. The van der Waals surface area contributed by atoms with Crippen molar-refractivity contribution >= 4 is 28.3 Å². The molecule has 1 N–H and O–H groups in total. The fraction of sp³-hybridized carbons (Fsp3) is 0.450. The van der Waals surface area contributed by atoms with Crippen molar-refractivity contribution in [1.82, 2.24) is 9.88 Å². The van der Waals surface area contributed by atoms with Crippen LogP contribution in [0.2, 0.25) is 0 Å². The maximum absolute atomic E-state index is 14.2. The van der Waals surface area contributed by atoms with Crippen molar-refractivity contribution in [2.75, 3.05) is 5.32 Å². The van der Waals surface area contributed by atoms with Crippen molar-refractivity contribution in [3.63, 3.8) is 0 Å². The highest BCUT2D eigenvalue weighted by molar-refractivity contribution is 7.13. The van der Waals surface area contributed by atoms with Crippen molar-refractivity contribution in [2.45, 2.75) is 51.1 Å². The lowest BCUT2D eigenvalue weighted by Crippen LogP contribution is -2.45. The second kappa shape index (κ2) is 7.76. The van der Waals surface area contributed by atoms with E-state index in [1.165, 1.54) is 28.7 Å². The van der Waals surface area contributed by atoms with Gasteiger partial charge in [0.15, 0.2) is 5.13 Å². The molecule has 1 aromatic heterocycles. The fourth-order valence-corrected chi connectivity index (χ4v) is 4.69. The molecule has 1 aliphatic carbocycles. The first-order valence-electron chi connectivity index (χ1n) is 9.42. The highest BCUT2D eigenvalue weighted by Gasteiger charge is 2.39. The molecular formula is C20H22FN3O2S. The number of hydrogen-bond acceptors (Lipinski definition) is 4. The third-order valence-corrected chi connectivity index (χ3v) is 6.25. The van der Waals surface area contributed by atoms with E-state index in [2.05, 4.69) is 10.3 Å². The molecule has 0 unspecified atom stereocenters. The SMILES string of the molecule is O=C(Nc1nccs1)[C@@H](CC1CCCCC1)N1Cc2c(F)cccc2C1=O. The standard InChI is InChI=1S/C20H22FN3O2S/c21-16-8-4-7-14-15(16)12-24(19(14)26)17(11-13-5-2-1-3-6-13)18(25)23-20-22-9-10-27-20/h4,7-10,13,17H,1-3,5-6,11-12H2,(H,22,23,25)/t17-/m1/s1. The molecule has 0 spiro atoms. The lowest BCUT2D eigenvalue weighted by molar-refractivity contribution is -0.121. The first-order valence-corrected chi connectivity index (χ1v) is 10.3. The van der Waals surface area contributed by atoms with E-state index in [4.69, 9.17) is 0 Å². The molecule has 1 aliphatic heterocycles. The molecule has 2 heterocycles. The zero-order chi connectivity index (χ0) is 18.8. The monoisotopic (exact) mass is 387 g/mol. The van der Waals surface area contributed by atoms with Gasteiger partial charge in [-0.15, -0.1) is 11.3 Å². The molecule has 7 heteroatoms. The third kappa shape index (κ3) is 3.74. The number of aromatic nitrogens is 1. The molecule has 1 fully saturated rings. The number of halogens is 1. The molecule has 2 aliphatic rings. The van der Waals surface area contributed by atoms with Crippen LogP contribution in [-0.2, 0) is 11.3 Å². The lowest BCUT2D eigenvalue weighted by atomic mass is 9.84. The number of carbonyl (C=O) groups is 2. The number of hydrogen-bond donors (Lipinski definition) is 1. The number of fused-ring (bicyclic) bond motifs is 1. The summed E-state index contributed by atoms with van der Waals surface area (Å²) in [6, 6.07) is 3.93. The number of nitrogens with zero attached hydrogens (tertiary/aromatic N) is 2. The van der Waals surface area contributed by atoms with Crippen LogP contribution in [0, 0.1) is 11.7 Å². The van der Waals surface area contributed by atoms with Crippen molar-refractivity contribution in [3.05, 3.63) is 46.7 Å². The maximum Gasteiger partial charge on any atom is 0.255 e. The quantitative estimate of drug-likeness (QED) is 0.836. The Kier molecular flexibility index (Phi) is 5.20. The second-order valence-electron chi connectivity index (χ2n) is 7.28. The fourth-order valence-electron chi connectivity index (χ4n) is 4.16. The average molecular weight is 387 g/mol. The Labute approximate surface area is 161 Å². The summed E-state index contributed by atoms with van der Waals surface area (Å²) in [5.74, 6) is -0.482. The van der Waals surface area contributed by atoms with Gasteiger partial charge >= 0.3 is 0 Å². The van der Waals surface area contributed by atoms with Gasteiger partial charge in [0.05, 0.1) is 6.54 Å². The first-order chi connectivity index (χ1) is 13.1. The molecule has 2 aromatic rings. The van der Waals surface area contributed by atoms with E-state index in [0.29, 0.717) is 28.6 Å². The number of nitrogens with one attached hydrogen (secondary N) is 1. The average Bonchev–Trinajstić information content (AvgIpc) is 3.30. The van der Waals surface area contributed by atoms with Crippen LogP contribution in [0.4, 0.5) is 9.52 Å². The summed E-state index contributed by atoms with van der Waals surface area (Å²) < 4.78 is 14.2. The van der Waals surface area contributed by atoms with Crippen LogP contribution in [0.1, 0.15) is 54.4 Å². The van der Waals surface area contributed by atoms with Gasteiger partial charge in [0.25, 0.3) is 5.91 Å². The summed E-state index contributed by atoms with van der Waals surface area (Å²) in [5, 5.41) is 5.14. The molecule has 0 saturated heterocycles. The number of rotatable bonds is 5. The summed E-state index contributed by atoms with van der Waals surface area (Å²) in [6.45, 7) is 0.142. The lowest BCUT2D eigenvalue weighted by Gasteiger charge is -2.31. The van der Waals surface area contributed by atoms with Crippen molar-refractivity contribution in [1.29, 1.82) is 0 Å². The van der Waals surface area contributed by atoms with Gasteiger partial charge < -0.3 is 10.2 Å². The van der Waals surface area contributed by atoms with Crippen LogP contribution in [0.25, 0.3) is 0 Å². The van der Waals surface area contributed by atoms with Gasteiger partial charge in [-0.05, 0) is 24.5 Å². The van der Waals surface area contributed by atoms with Crippen LogP contribution in [-0.4, -0.2) is 27.7 Å². The molecule has 2 amide bonds. The Morgan fingerprint density at radius 3 is 2.85 bits per heavy atom. The van der Waals surface area contributed by atoms with Crippen molar-refractivity contribution in [3.8, 4) is 0 Å². The van der Waals surface area contributed by atoms with Gasteiger partial charge in [-0.25, -0.2) is 9.37 Å². The van der Waals surface area contributed by atoms with Crippen molar-refractivity contribution < 1.29 is 14.0 Å². The Hall–Kier alpha value is -2.28. The van der Waals surface area contributed by atoms with Crippen LogP contribution < -0.4 is 5.32 Å². The second-order valence-corrected chi connectivity index (χ2v) is 8.18. The highest BCUT2D eigenvalue weighted by Crippen LogP contribution is 2.33. The van der Waals surface area contributed by atoms with Gasteiger partial charge in [-0.2, -0.15) is 0 Å². The van der Waals surface area contributed by atoms with Gasteiger partial charge in [0.1, 0.15) is 11.9 Å². The number of thiazole rings is 1. The number of carbonyl (C=O) groups excluding carboxylic acids is 2. The van der Waals surface area contributed by atoms with Crippen LogP contribution in [0.3, 0.4) is 0 Å². The predicted molar refractivity (Wildman–Crippen MR) is 102 cm³/mol. The molecule has 0 bridgehead atoms.